The van der Waals surface area contributed by atoms with Crippen LogP contribution in [0.4, 0.5) is 0 Å². The first kappa shape index (κ1) is 14.0. The number of halogens is 1. The van der Waals surface area contributed by atoms with Crippen molar-refractivity contribution in [2.75, 3.05) is 6.54 Å². The molecule has 0 saturated carbocycles. The maximum Gasteiger partial charge on any atom is 0.0678 e. The Kier molecular flexibility index (Phi) is 4.56. The van der Waals surface area contributed by atoms with Crippen molar-refractivity contribution in [3.8, 4) is 0 Å². The Balaban J connectivity index is 2.24. The fourth-order valence-corrected chi connectivity index (χ4v) is 2.27. The van der Waals surface area contributed by atoms with E-state index < -0.39 is 0 Å². The molecular weight excluding hydrogens is 260 g/mol. The molecule has 0 radical (unpaired) electrons. The van der Waals surface area contributed by atoms with Gasteiger partial charge >= 0.3 is 0 Å². The third kappa shape index (κ3) is 3.14. The van der Waals surface area contributed by atoms with Crippen LogP contribution in [0.2, 0.25) is 5.02 Å². The minimum absolute atomic E-state index is 0.681. The molecule has 0 saturated heterocycles. The normalized spacial score (nSPS) is 10.9. The van der Waals surface area contributed by atoms with Crippen molar-refractivity contribution in [3.63, 3.8) is 0 Å². The summed E-state index contributed by atoms with van der Waals surface area (Å²) in [5.74, 6) is 0. The summed E-state index contributed by atoms with van der Waals surface area (Å²) >= 11 is 6.14. The molecule has 0 aliphatic heterocycles. The minimum Gasteiger partial charge on any atom is -0.313 e. The lowest BCUT2D eigenvalue weighted by Gasteiger charge is -2.07. The van der Waals surface area contributed by atoms with Gasteiger partial charge in [0.05, 0.1) is 17.3 Å². The molecule has 2 aromatic heterocycles. The van der Waals surface area contributed by atoms with E-state index in [9.17, 15) is 0 Å². The van der Waals surface area contributed by atoms with Crippen molar-refractivity contribution in [3.05, 3.63) is 46.0 Å². The summed E-state index contributed by atoms with van der Waals surface area (Å²) in [6, 6.07) is 1.93. The van der Waals surface area contributed by atoms with Gasteiger partial charge in [0.25, 0.3) is 0 Å². The molecule has 0 atom stereocenters. The summed E-state index contributed by atoms with van der Waals surface area (Å²) < 4.78 is 2.00. The van der Waals surface area contributed by atoms with Crippen LogP contribution in [0.15, 0.2) is 18.5 Å². The molecule has 0 aliphatic rings. The highest BCUT2D eigenvalue weighted by Crippen LogP contribution is 2.18. The summed E-state index contributed by atoms with van der Waals surface area (Å²) in [6.45, 7) is 8.75. The highest BCUT2D eigenvalue weighted by atomic mass is 35.5. The average molecular weight is 279 g/mol. The first-order valence-electron chi connectivity index (χ1n) is 6.45. The van der Waals surface area contributed by atoms with E-state index >= 15 is 0 Å². The van der Waals surface area contributed by atoms with Crippen molar-refractivity contribution in [2.45, 2.75) is 33.9 Å². The Morgan fingerprint density at radius 1 is 1.37 bits per heavy atom. The Labute approximate surface area is 118 Å². The van der Waals surface area contributed by atoms with Crippen molar-refractivity contribution in [1.29, 1.82) is 0 Å². The third-order valence-electron chi connectivity index (χ3n) is 3.26. The molecule has 2 rings (SSSR count). The fraction of sp³-hybridized carbons (Fsp3) is 0.429. The first-order chi connectivity index (χ1) is 9.13. The summed E-state index contributed by atoms with van der Waals surface area (Å²) in [7, 11) is 0. The molecule has 5 heteroatoms. The van der Waals surface area contributed by atoms with E-state index in [-0.39, 0.29) is 0 Å². The maximum absolute atomic E-state index is 6.14. The predicted octanol–water partition coefficient (Wildman–Crippen LogP) is 2.71. The van der Waals surface area contributed by atoms with Gasteiger partial charge in [0.2, 0.25) is 0 Å². The van der Waals surface area contributed by atoms with Gasteiger partial charge in [-0.2, -0.15) is 5.10 Å². The number of nitrogens with one attached hydrogen (secondary N) is 1. The summed E-state index contributed by atoms with van der Waals surface area (Å²) in [6.07, 6.45) is 3.43. The van der Waals surface area contributed by atoms with Gasteiger partial charge in [-0.25, -0.2) is 0 Å². The Bertz CT molecular complexity index is 563. The van der Waals surface area contributed by atoms with Crippen LogP contribution in [0, 0.1) is 13.8 Å². The third-order valence-corrected chi connectivity index (χ3v) is 3.60. The Morgan fingerprint density at radius 2 is 2.16 bits per heavy atom. The molecule has 2 heterocycles. The van der Waals surface area contributed by atoms with E-state index in [2.05, 4.69) is 29.2 Å². The van der Waals surface area contributed by atoms with Gasteiger partial charge in [0.1, 0.15) is 0 Å². The van der Waals surface area contributed by atoms with Gasteiger partial charge < -0.3 is 5.32 Å². The Hall–Kier alpha value is -1.39. The second kappa shape index (κ2) is 6.17. The van der Waals surface area contributed by atoms with E-state index in [1.807, 2.05) is 17.7 Å². The SMILES string of the molecule is CCNCc1c(C)nn(Cc2ccncc2Cl)c1C. The predicted molar refractivity (Wildman–Crippen MR) is 77.4 cm³/mol. The number of aromatic nitrogens is 3. The van der Waals surface area contributed by atoms with Gasteiger partial charge in [-0.3, -0.25) is 9.67 Å². The van der Waals surface area contributed by atoms with E-state index in [0.717, 1.165) is 24.3 Å². The van der Waals surface area contributed by atoms with Gasteiger partial charge in [-0.05, 0) is 32.0 Å². The summed E-state index contributed by atoms with van der Waals surface area (Å²) in [4.78, 5) is 4.00. The summed E-state index contributed by atoms with van der Waals surface area (Å²) in [5, 5.41) is 8.63. The van der Waals surface area contributed by atoms with E-state index in [1.165, 1.54) is 11.3 Å². The lowest BCUT2D eigenvalue weighted by atomic mass is 10.2. The number of pyridine rings is 1. The quantitative estimate of drug-likeness (QED) is 0.914. The second-order valence-corrected chi connectivity index (χ2v) is 4.96. The molecule has 19 heavy (non-hydrogen) atoms. The van der Waals surface area contributed by atoms with Crippen molar-refractivity contribution >= 4 is 11.6 Å². The lowest BCUT2D eigenvalue weighted by Crippen LogP contribution is -2.13. The largest absolute Gasteiger partial charge is 0.313 e. The maximum atomic E-state index is 6.14. The fourth-order valence-electron chi connectivity index (χ4n) is 2.09. The zero-order valence-electron chi connectivity index (χ0n) is 11.6. The van der Waals surface area contributed by atoms with Crippen LogP contribution in [0.3, 0.4) is 0 Å². The molecule has 102 valence electrons. The van der Waals surface area contributed by atoms with Crippen LogP contribution >= 0.6 is 11.6 Å². The van der Waals surface area contributed by atoms with E-state index in [0.29, 0.717) is 11.6 Å². The van der Waals surface area contributed by atoms with Crippen molar-refractivity contribution in [1.82, 2.24) is 20.1 Å². The Morgan fingerprint density at radius 3 is 2.84 bits per heavy atom. The molecule has 0 aromatic carbocycles. The van der Waals surface area contributed by atoms with Gasteiger partial charge in [-0.1, -0.05) is 18.5 Å². The number of hydrogen-bond donors (Lipinski definition) is 1. The lowest BCUT2D eigenvalue weighted by molar-refractivity contribution is 0.655. The molecule has 0 amide bonds. The first-order valence-corrected chi connectivity index (χ1v) is 6.83. The molecule has 0 aliphatic carbocycles. The molecular formula is C14H19ClN4. The smallest absolute Gasteiger partial charge is 0.0678 e. The molecule has 4 nitrogen and oxygen atoms in total. The summed E-state index contributed by atoms with van der Waals surface area (Å²) in [5.41, 5.74) is 4.57. The van der Waals surface area contributed by atoms with Gasteiger partial charge in [0, 0.05) is 30.2 Å². The zero-order valence-corrected chi connectivity index (χ0v) is 12.3. The van der Waals surface area contributed by atoms with Crippen molar-refractivity contribution < 1.29 is 0 Å². The zero-order chi connectivity index (χ0) is 13.8. The van der Waals surface area contributed by atoms with Crippen LogP contribution in [-0.4, -0.2) is 21.3 Å². The minimum atomic E-state index is 0.681. The van der Waals surface area contributed by atoms with Crippen LogP contribution < -0.4 is 5.32 Å². The molecule has 0 fully saturated rings. The molecule has 2 aromatic rings. The van der Waals surface area contributed by atoms with E-state index in [1.54, 1.807) is 12.4 Å². The molecule has 0 bridgehead atoms. The van der Waals surface area contributed by atoms with Gasteiger partial charge in [0.15, 0.2) is 0 Å². The van der Waals surface area contributed by atoms with Crippen LogP contribution in [-0.2, 0) is 13.1 Å². The highest BCUT2D eigenvalue weighted by molar-refractivity contribution is 6.31. The van der Waals surface area contributed by atoms with Crippen LogP contribution in [0.5, 0.6) is 0 Å². The topological polar surface area (TPSA) is 42.7 Å². The second-order valence-electron chi connectivity index (χ2n) is 4.55. The monoisotopic (exact) mass is 278 g/mol. The molecule has 0 spiro atoms. The highest BCUT2D eigenvalue weighted by Gasteiger charge is 2.12. The van der Waals surface area contributed by atoms with Gasteiger partial charge in [-0.15, -0.1) is 0 Å². The number of aryl methyl sites for hydroxylation is 1. The van der Waals surface area contributed by atoms with Crippen LogP contribution in [0.1, 0.15) is 29.4 Å². The number of nitrogens with zero attached hydrogens (tertiary/aromatic N) is 3. The van der Waals surface area contributed by atoms with Crippen LogP contribution in [0.25, 0.3) is 0 Å². The number of hydrogen-bond acceptors (Lipinski definition) is 3. The molecule has 0 unspecified atom stereocenters. The van der Waals surface area contributed by atoms with E-state index in [4.69, 9.17) is 11.6 Å². The average Bonchev–Trinajstić information content (AvgIpc) is 2.65. The standard InChI is InChI=1S/C14H19ClN4/c1-4-16-7-13-10(2)18-19(11(13)3)9-12-5-6-17-8-14(12)15/h5-6,8,16H,4,7,9H2,1-3H3. The number of rotatable bonds is 5. The molecule has 1 N–H and O–H groups in total. The van der Waals surface area contributed by atoms with Crippen molar-refractivity contribution in [2.24, 2.45) is 0 Å².